The van der Waals surface area contributed by atoms with Gasteiger partial charge in [-0.05, 0) is 37.0 Å². The van der Waals surface area contributed by atoms with E-state index in [-0.39, 0.29) is 11.4 Å². The van der Waals surface area contributed by atoms with Crippen LogP contribution in [0.25, 0.3) is 0 Å². The van der Waals surface area contributed by atoms with Crippen molar-refractivity contribution in [3.63, 3.8) is 0 Å². The molecule has 1 aromatic rings. The Balaban J connectivity index is 1.75. The fraction of sp³-hybridized carbons (Fsp3) is 0.533. The fourth-order valence-electron chi connectivity index (χ4n) is 3.12. The summed E-state index contributed by atoms with van der Waals surface area (Å²) in [6.07, 6.45) is 4.84. The third-order valence-electron chi connectivity index (χ3n) is 4.06. The number of hydrogen-bond acceptors (Lipinski definition) is 3. The van der Waals surface area contributed by atoms with E-state index in [4.69, 9.17) is 16.6 Å². The number of nitrogens with one attached hydrogen (secondary N) is 1. The van der Waals surface area contributed by atoms with Crippen molar-refractivity contribution in [2.24, 2.45) is 10.9 Å². The number of aliphatic imine (C=N–C) groups is 1. The van der Waals surface area contributed by atoms with Crippen LogP contribution in [0.5, 0.6) is 0 Å². The van der Waals surface area contributed by atoms with Gasteiger partial charge in [-0.15, -0.1) is 0 Å². The first-order chi connectivity index (χ1) is 9.56. The van der Waals surface area contributed by atoms with Crippen molar-refractivity contribution >= 4 is 34.2 Å². The molecule has 0 radical (unpaired) electrons. The lowest BCUT2D eigenvalue weighted by molar-refractivity contribution is 0.266. The predicted octanol–water partition coefficient (Wildman–Crippen LogP) is 4.94. The van der Waals surface area contributed by atoms with E-state index < -0.39 is 0 Å². The minimum atomic E-state index is -0.334. The van der Waals surface area contributed by atoms with Crippen LogP contribution >= 0.6 is 23.4 Å². The van der Waals surface area contributed by atoms with Crippen molar-refractivity contribution in [1.82, 2.24) is 0 Å². The van der Waals surface area contributed by atoms with E-state index in [1.165, 1.54) is 18.9 Å². The van der Waals surface area contributed by atoms with Gasteiger partial charge in [0.25, 0.3) is 0 Å². The average Bonchev–Trinajstić information content (AvgIpc) is 2.75. The van der Waals surface area contributed by atoms with Gasteiger partial charge in [0.1, 0.15) is 5.82 Å². The first-order valence-electron chi connectivity index (χ1n) is 7.01. The highest BCUT2D eigenvalue weighted by Gasteiger charge is 2.39. The molecule has 1 N–H and O–H groups in total. The summed E-state index contributed by atoms with van der Waals surface area (Å²) in [6, 6.07) is 4.67. The van der Waals surface area contributed by atoms with Crippen LogP contribution in [0.15, 0.2) is 23.2 Å². The van der Waals surface area contributed by atoms with Crippen molar-refractivity contribution in [2.45, 2.75) is 38.1 Å². The van der Waals surface area contributed by atoms with Gasteiger partial charge in [0.15, 0.2) is 5.17 Å². The SMILES string of the molecule is CC1CCCC2(CSC(Nc3ccc(Cl)cc3F)=N2)C1. The van der Waals surface area contributed by atoms with Crippen molar-refractivity contribution in [1.29, 1.82) is 0 Å². The minimum Gasteiger partial charge on any atom is -0.333 e. The molecule has 2 aliphatic rings. The Morgan fingerprint density at radius 1 is 1.50 bits per heavy atom. The van der Waals surface area contributed by atoms with Gasteiger partial charge < -0.3 is 5.32 Å². The van der Waals surface area contributed by atoms with Crippen LogP contribution in [0.1, 0.15) is 32.6 Å². The van der Waals surface area contributed by atoms with E-state index >= 15 is 0 Å². The lowest BCUT2D eigenvalue weighted by Gasteiger charge is -2.33. The van der Waals surface area contributed by atoms with Gasteiger partial charge >= 0.3 is 0 Å². The smallest absolute Gasteiger partial charge is 0.161 e. The zero-order valence-electron chi connectivity index (χ0n) is 11.5. The van der Waals surface area contributed by atoms with E-state index in [1.54, 1.807) is 23.9 Å². The second-order valence-electron chi connectivity index (χ2n) is 5.88. The first kappa shape index (κ1) is 14.2. The number of amidine groups is 1. The normalized spacial score (nSPS) is 29.6. The molecule has 5 heteroatoms. The summed E-state index contributed by atoms with van der Waals surface area (Å²) < 4.78 is 13.8. The Kier molecular flexibility index (Phi) is 3.95. The number of benzene rings is 1. The van der Waals surface area contributed by atoms with Crippen molar-refractivity contribution in [3.8, 4) is 0 Å². The monoisotopic (exact) mass is 312 g/mol. The molecule has 2 nitrogen and oxygen atoms in total. The Bertz CT molecular complexity index is 549. The van der Waals surface area contributed by atoms with E-state index in [0.717, 1.165) is 29.7 Å². The molecule has 0 amide bonds. The predicted molar refractivity (Wildman–Crippen MR) is 85.3 cm³/mol. The molecule has 3 rings (SSSR count). The molecule has 2 unspecified atom stereocenters. The molecule has 108 valence electrons. The third-order valence-corrected chi connectivity index (χ3v) is 5.44. The standard InChI is InChI=1S/C15H18ClFN2S/c1-10-3-2-6-15(8-10)9-20-14(19-15)18-13-5-4-11(16)7-12(13)17/h4-5,7,10H,2-3,6,8-9H2,1H3,(H,18,19). The summed E-state index contributed by atoms with van der Waals surface area (Å²) in [5, 5.41) is 4.34. The van der Waals surface area contributed by atoms with Gasteiger partial charge in [-0.3, -0.25) is 4.99 Å². The van der Waals surface area contributed by atoms with Gasteiger partial charge in [-0.2, -0.15) is 0 Å². The molecule has 1 fully saturated rings. The maximum atomic E-state index is 13.8. The summed E-state index contributed by atoms with van der Waals surface area (Å²) in [5.74, 6) is 1.41. The molecule has 0 bridgehead atoms. The van der Waals surface area contributed by atoms with Gasteiger partial charge in [0, 0.05) is 10.8 Å². The zero-order chi connectivity index (χ0) is 14.2. The number of rotatable bonds is 1. The van der Waals surface area contributed by atoms with Crippen molar-refractivity contribution < 1.29 is 4.39 Å². The van der Waals surface area contributed by atoms with E-state index in [2.05, 4.69) is 12.2 Å². The molecular formula is C15H18ClFN2S. The summed E-state index contributed by atoms with van der Waals surface area (Å²) in [4.78, 5) is 4.86. The number of anilines is 1. The van der Waals surface area contributed by atoms with Crippen molar-refractivity contribution in [3.05, 3.63) is 29.0 Å². The molecule has 2 atom stereocenters. The second kappa shape index (κ2) is 5.57. The van der Waals surface area contributed by atoms with Crippen LogP contribution in [-0.2, 0) is 0 Å². The summed E-state index contributed by atoms with van der Waals surface area (Å²) in [6.45, 7) is 2.30. The minimum absolute atomic E-state index is 0.0770. The van der Waals surface area contributed by atoms with Crippen LogP contribution in [0.2, 0.25) is 5.02 Å². The van der Waals surface area contributed by atoms with Gasteiger partial charge in [0.2, 0.25) is 0 Å². The van der Waals surface area contributed by atoms with E-state index in [0.29, 0.717) is 10.7 Å². The molecular weight excluding hydrogens is 295 g/mol. The van der Waals surface area contributed by atoms with Crippen LogP contribution in [0.4, 0.5) is 10.1 Å². The Hall–Kier alpha value is -0.740. The molecule has 0 aromatic heterocycles. The number of hydrogen-bond donors (Lipinski definition) is 1. The average molecular weight is 313 g/mol. The number of halogens is 2. The molecule has 20 heavy (non-hydrogen) atoms. The Morgan fingerprint density at radius 2 is 2.35 bits per heavy atom. The topological polar surface area (TPSA) is 24.4 Å². The lowest BCUT2D eigenvalue weighted by atomic mass is 9.78. The Labute approximate surface area is 128 Å². The van der Waals surface area contributed by atoms with Crippen LogP contribution in [0.3, 0.4) is 0 Å². The highest BCUT2D eigenvalue weighted by molar-refractivity contribution is 8.14. The first-order valence-corrected chi connectivity index (χ1v) is 8.37. The summed E-state index contributed by atoms with van der Waals surface area (Å²) in [7, 11) is 0. The van der Waals surface area contributed by atoms with E-state index in [9.17, 15) is 4.39 Å². The van der Waals surface area contributed by atoms with Gasteiger partial charge in [-0.25, -0.2) is 4.39 Å². The van der Waals surface area contributed by atoms with Crippen LogP contribution < -0.4 is 5.32 Å². The van der Waals surface area contributed by atoms with Crippen LogP contribution in [0, 0.1) is 11.7 Å². The summed E-state index contributed by atoms with van der Waals surface area (Å²) >= 11 is 7.46. The largest absolute Gasteiger partial charge is 0.333 e. The maximum Gasteiger partial charge on any atom is 0.161 e. The molecule has 1 saturated carbocycles. The van der Waals surface area contributed by atoms with Gasteiger partial charge in [-0.1, -0.05) is 43.1 Å². The molecule has 0 saturated heterocycles. The highest BCUT2D eigenvalue weighted by Crippen LogP contribution is 2.42. The molecule has 1 heterocycles. The quantitative estimate of drug-likeness (QED) is 0.794. The third kappa shape index (κ3) is 2.96. The summed E-state index contributed by atoms with van der Waals surface area (Å²) in [5.41, 5.74) is 0.523. The number of nitrogens with zero attached hydrogens (tertiary/aromatic N) is 1. The van der Waals surface area contributed by atoms with E-state index in [1.807, 2.05) is 0 Å². The fourth-order valence-corrected chi connectivity index (χ4v) is 4.45. The molecule has 1 aliphatic heterocycles. The van der Waals surface area contributed by atoms with Gasteiger partial charge in [0.05, 0.1) is 11.2 Å². The highest BCUT2D eigenvalue weighted by atomic mass is 35.5. The molecule has 1 aromatic carbocycles. The molecule has 1 spiro atoms. The van der Waals surface area contributed by atoms with Crippen LogP contribution in [-0.4, -0.2) is 16.5 Å². The maximum absolute atomic E-state index is 13.8. The van der Waals surface area contributed by atoms with Crippen molar-refractivity contribution in [2.75, 3.05) is 11.1 Å². The lowest BCUT2D eigenvalue weighted by Crippen LogP contribution is -2.33. The molecule has 1 aliphatic carbocycles. The zero-order valence-corrected chi connectivity index (χ0v) is 13.0. The number of thioether (sulfide) groups is 1. The Morgan fingerprint density at radius 3 is 3.10 bits per heavy atom. The second-order valence-corrected chi connectivity index (χ2v) is 7.28.